The van der Waals surface area contributed by atoms with Crippen molar-refractivity contribution in [1.29, 1.82) is 0 Å². The lowest BCUT2D eigenvalue weighted by Crippen LogP contribution is -2.05. The third kappa shape index (κ3) is 2.33. The number of aryl methyl sites for hydroxylation is 1. The van der Waals surface area contributed by atoms with Gasteiger partial charge in [0.25, 0.3) is 0 Å². The maximum absolute atomic E-state index is 11.4. The van der Waals surface area contributed by atoms with Crippen LogP contribution in [-0.2, 0) is 4.74 Å². The van der Waals surface area contributed by atoms with Gasteiger partial charge in [0.2, 0.25) is 0 Å². The van der Waals surface area contributed by atoms with Crippen LogP contribution in [-0.4, -0.2) is 23.0 Å². The van der Waals surface area contributed by atoms with E-state index in [0.29, 0.717) is 22.1 Å². The Morgan fingerprint density at radius 2 is 2.11 bits per heavy atom. The third-order valence-corrected chi connectivity index (χ3v) is 2.83. The minimum atomic E-state index is -0.399. The quantitative estimate of drug-likeness (QED) is 0.617. The highest BCUT2D eigenvalue weighted by molar-refractivity contribution is 6.32. The number of methoxy groups -OCH3 is 1. The predicted molar refractivity (Wildman–Crippen MR) is 68.6 cm³/mol. The van der Waals surface area contributed by atoms with Crippen molar-refractivity contribution in [2.75, 3.05) is 7.11 Å². The molecule has 0 spiro atoms. The Hall–Kier alpha value is -1.94. The summed E-state index contributed by atoms with van der Waals surface area (Å²) in [6.45, 7) is 1.75. The van der Waals surface area contributed by atoms with Gasteiger partial charge in [-0.3, -0.25) is 4.98 Å². The summed E-state index contributed by atoms with van der Waals surface area (Å²) in [4.78, 5) is 19.8. The van der Waals surface area contributed by atoms with E-state index in [2.05, 4.69) is 14.7 Å². The Balaban J connectivity index is 2.47. The van der Waals surface area contributed by atoms with Crippen molar-refractivity contribution in [3.05, 3.63) is 46.9 Å². The summed E-state index contributed by atoms with van der Waals surface area (Å²) < 4.78 is 4.67. The van der Waals surface area contributed by atoms with Crippen molar-refractivity contribution in [2.24, 2.45) is 0 Å². The van der Waals surface area contributed by atoms with Crippen LogP contribution in [0.2, 0.25) is 5.15 Å². The van der Waals surface area contributed by atoms with Crippen molar-refractivity contribution in [3.63, 3.8) is 0 Å². The molecule has 0 aliphatic rings. The number of hydrogen-bond acceptors (Lipinski definition) is 4. The molecule has 2 aromatic rings. The van der Waals surface area contributed by atoms with E-state index in [-0.39, 0.29) is 0 Å². The largest absolute Gasteiger partial charge is 0.465 e. The first-order valence-corrected chi connectivity index (χ1v) is 5.68. The summed E-state index contributed by atoms with van der Waals surface area (Å²) >= 11 is 6.00. The van der Waals surface area contributed by atoms with Gasteiger partial charge in [-0.1, -0.05) is 11.6 Å². The SMILES string of the molecule is COC(=O)c1ccc(-c2cccnc2Cl)nc1C. The van der Waals surface area contributed by atoms with E-state index in [1.54, 1.807) is 31.3 Å². The Labute approximate surface area is 110 Å². The zero-order valence-corrected chi connectivity index (χ0v) is 10.7. The molecule has 0 saturated heterocycles. The van der Waals surface area contributed by atoms with Gasteiger partial charge in [0.15, 0.2) is 0 Å². The van der Waals surface area contributed by atoms with Gasteiger partial charge >= 0.3 is 5.97 Å². The maximum atomic E-state index is 11.4. The van der Waals surface area contributed by atoms with E-state index in [4.69, 9.17) is 11.6 Å². The number of nitrogens with zero attached hydrogens (tertiary/aromatic N) is 2. The van der Waals surface area contributed by atoms with E-state index >= 15 is 0 Å². The Bertz CT molecular complexity index is 599. The van der Waals surface area contributed by atoms with Crippen molar-refractivity contribution in [2.45, 2.75) is 6.92 Å². The number of rotatable bonds is 2. The van der Waals surface area contributed by atoms with Crippen molar-refractivity contribution in [1.82, 2.24) is 9.97 Å². The lowest BCUT2D eigenvalue weighted by molar-refractivity contribution is 0.0599. The summed E-state index contributed by atoms with van der Waals surface area (Å²) in [6, 6.07) is 7.01. The molecule has 0 bridgehead atoms. The predicted octanol–water partition coefficient (Wildman–Crippen LogP) is 2.89. The first kappa shape index (κ1) is 12.5. The van der Waals surface area contributed by atoms with Crippen LogP contribution in [0.15, 0.2) is 30.5 Å². The monoisotopic (exact) mass is 262 g/mol. The van der Waals surface area contributed by atoms with Crippen LogP contribution in [0.1, 0.15) is 16.1 Å². The van der Waals surface area contributed by atoms with E-state index < -0.39 is 5.97 Å². The molecular formula is C13H11ClN2O2. The Morgan fingerprint density at radius 3 is 2.72 bits per heavy atom. The molecule has 0 N–H and O–H groups in total. The second-order valence-corrected chi connectivity index (χ2v) is 4.02. The summed E-state index contributed by atoms with van der Waals surface area (Å²) in [5, 5.41) is 0.384. The van der Waals surface area contributed by atoms with Crippen LogP contribution in [0.5, 0.6) is 0 Å². The second-order valence-electron chi connectivity index (χ2n) is 3.66. The highest BCUT2D eigenvalue weighted by atomic mass is 35.5. The van der Waals surface area contributed by atoms with Gasteiger partial charge in [-0.25, -0.2) is 9.78 Å². The fraction of sp³-hybridized carbons (Fsp3) is 0.154. The second kappa shape index (κ2) is 5.14. The van der Waals surface area contributed by atoms with Gasteiger partial charge in [-0.05, 0) is 31.2 Å². The molecular weight excluding hydrogens is 252 g/mol. The van der Waals surface area contributed by atoms with Crippen molar-refractivity contribution < 1.29 is 9.53 Å². The number of ether oxygens (including phenoxy) is 1. The van der Waals surface area contributed by atoms with Gasteiger partial charge in [0, 0.05) is 11.8 Å². The van der Waals surface area contributed by atoms with Gasteiger partial charge in [-0.15, -0.1) is 0 Å². The van der Waals surface area contributed by atoms with Crippen LogP contribution in [0.3, 0.4) is 0 Å². The van der Waals surface area contributed by atoms with Gasteiger partial charge < -0.3 is 4.74 Å². The van der Waals surface area contributed by atoms with Gasteiger partial charge in [0.1, 0.15) is 5.15 Å². The number of esters is 1. The molecule has 0 atom stereocenters. The molecule has 2 heterocycles. The number of hydrogen-bond donors (Lipinski definition) is 0. The fourth-order valence-electron chi connectivity index (χ4n) is 1.61. The summed E-state index contributed by atoms with van der Waals surface area (Å²) in [5.74, 6) is -0.399. The lowest BCUT2D eigenvalue weighted by atomic mass is 10.1. The maximum Gasteiger partial charge on any atom is 0.339 e. The van der Waals surface area contributed by atoms with Gasteiger partial charge in [-0.2, -0.15) is 0 Å². The van der Waals surface area contributed by atoms with Gasteiger partial charge in [0.05, 0.1) is 24.1 Å². The normalized spacial score (nSPS) is 10.2. The molecule has 0 aliphatic heterocycles. The summed E-state index contributed by atoms with van der Waals surface area (Å²) in [6.07, 6.45) is 1.61. The molecule has 0 unspecified atom stereocenters. The third-order valence-electron chi connectivity index (χ3n) is 2.53. The van der Waals surface area contributed by atoms with E-state index in [1.807, 2.05) is 6.07 Å². The Morgan fingerprint density at radius 1 is 1.33 bits per heavy atom. The number of halogens is 1. The van der Waals surface area contributed by atoms with Crippen molar-refractivity contribution >= 4 is 17.6 Å². The molecule has 18 heavy (non-hydrogen) atoms. The van der Waals surface area contributed by atoms with Crippen LogP contribution in [0.4, 0.5) is 0 Å². The summed E-state index contributed by atoms with van der Waals surface area (Å²) in [5.41, 5.74) is 2.46. The average molecular weight is 263 g/mol. The van der Waals surface area contributed by atoms with E-state index in [1.165, 1.54) is 7.11 Å². The number of pyridine rings is 2. The minimum Gasteiger partial charge on any atom is -0.465 e. The molecule has 92 valence electrons. The molecule has 0 aliphatic carbocycles. The first-order chi connectivity index (χ1) is 8.63. The fourth-order valence-corrected chi connectivity index (χ4v) is 1.83. The van der Waals surface area contributed by atoms with E-state index in [9.17, 15) is 4.79 Å². The molecule has 0 aromatic carbocycles. The molecule has 0 radical (unpaired) electrons. The molecule has 0 amide bonds. The smallest absolute Gasteiger partial charge is 0.339 e. The minimum absolute atomic E-state index is 0.384. The molecule has 0 fully saturated rings. The standard InChI is InChI=1S/C13H11ClN2O2/c1-8-9(13(17)18-2)5-6-11(16-8)10-4-3-7-15-12(10)14/h3-7H,1-2H3. The molecule has 0 saturated carbocycles. The van der Waals surface area contributed by atoms with Crippen LogP contribution >= 0.6 is 11.6 Å². The highest BCUT2D eigenvalue weighted by Gasteiger charge is 2.12. The average Bonchev–Trinajstić information content (AvgIpc) is 2.38. The first-order valence-electron chi connectivity index (χ1n) is 5.30. The van der Waals surface area contributed by atoms with Crippen LogP contribution in [0.25, 0.3) is 11.3 Å². The van der Waals surface area contributed by atoms with Crippen LogP contribution < -0.4 is 0 Å². The van der Waals surface area contributed by atoms with Crippen molar-refractivity contribution in [3.8, 4) is 11.3 Å². The van der Waals surface area contributed by atoms with Crippen LogP contribution in [0, 0.1) is 6.92 Å². The molecule has 4 nitrogen and oxygen atoms in total. The number of carbonyl (C=O) groups excluding carboxylic acids is 1. The lowest BCUT2D eigenvalue weighted by Gasteiger charge is -2.07. The summed E-state index contributed by atoms with van der Waals surface area (Å²) in [7, 11) is 1.34. The number of carbonyl (C=O) groups is 1. The molecule has 2 aromatic heterocycles. The zero-order chi connectivity index (χ0) is 13.1. The number of aromatic nitrogens is 2. The van der Waals surface area contributed by atoms with E-state index in [0.717, 1.165) is 5.56 Å². The highest BCUT2D eigenvalue weighted by Crippen LogP contribution is 2.24. The topological polar surface area (TPSA) is 52.1 Å². The Kier molecular flexibility index (Phi) is 3.58. The molecule has 2 rings (SSSR count). The zero-order valence-electron chi connectivity index (χ0n) is 9.98. The molecule has 5 heteroatoms.